The zero-order valence-electron chi connectivity index (χ0n) is 13.3. The van der Waals surface area contributed by atoms with Crippen LogP contribution in [0.3, 0.4) is 0 Å². The highest BCUT2D eigenvalue weighted by Gasteiger charge is 2.17. The van der Waals surface area contributed by atoms with E-state index in [4.69, 9.17) is 0 Å². The fraction of sp³-hybridized carbons (Fsp3) is 0.250. The summed E-state index contributed by atoms with van der Waals surface area (Å²) < 4.78 is 3.73. The molecule has 2 aromatic heterocycles. The van der Waals surface area contributed by atoms with Crippen LogP contribution in [0, 0.1) is 0 Å². The van der Waals surface area contributed by atoms with Gasteiger partial charge in [-0.2, -0.15) is 5.10 Å². The third kappa shape index (κ3) is 2.79. The Morgan fingerprint density at radius 1 is 1.12 bits per heavy atom. The molecule has 8 heteroatoms. The van der Waals surface area contributed by atoms with E-state index in [1.54, 1.807) is 29.4 Å². The molecule has 1 amide bonds. The lowest BCUT2D eigenvalue weighted by atomic mass is 10.2. The second-order valence-corrected chi connectivity index (χ2v) is 5.85. The number of aromatic nitrogens is 5. The Balaban J connectivity index is 1.48. The van der Waals surface area contributed by atoms with Crippen LogP contribution in [0.5, 0.6) is 0 Å². The molecule has 0 radical (unpaired) electrons. The third-order valence-corrected chi connectivity index (χ3v) is 4.08. The number of likely N-dealkylation sites (N-methyl/N-ethyl adjacent to an activating group) is 1. The molecule has 0 bridgehead atoms. The summed E-state index contributed by atoms with van der Waals surface area (Å²) in [7, 11) is 2.08. The molecule has 0 aliphatic carbocycles. The van der Waals surface area contributed by atoms with Gasteiger partial charge in [-0.3, -0.25) is 18.9 Å². The molecule has 0 unspecified atom stereocenters. The van der Waals surface area contributed by atoms with E-state index in [2.05, 4.69) is 32.6 Å². The molecule has 1 aromatic carbocycles. The minimum atomic E-state index is -0.172. The van der Waals surface area contributed by atoms with Crippen molar-refractivity contribution in [2.24, 2.45) is 0 Å². The van der Waals surface area contributed by atoms with Crippen LogP contribution in [0.15, 0.2) is 43.0 Å². The van der Waals surface area contributed by atoms with Gasteiger partial charge in [0.05, 0.1) is 12.2 Å². The molecule has 0 saturated heterocycles. The highest BCUT2D eigenvalue weighted by molar-refractivity contribution is 6.03. The maximum absolute atomic E-state index is 12.4. The van der Waals surface area contributed by atoms with Gasteiger partial charge in [0, 0.05) is 30.4 Å². The van der Waals surface area contributed by atoms with Crippen molar-refractivity contribution in [3.63, 3.8) is 0 Å². The minimum Gasteiger partial charge on any atom is -0.305 e. The number of amides is 1. The quantitative estimate of drug-likeness (QED) is 0.782. The molecule has 0 fully saturated rings. The van der Waals surface area contributed by atoms with E-state index < -0.39 is 0 Å². The first-order chi connectivity index (χ1) is 11.7. The van der Waals surface area contributed by atoms with Crippen LogP contribution in [0.1, 0.15) is 16.1 Å². The van der Waals surface area contributed by atoms with Crippen molar-refractivity contribution in [3.8, 4) is 5.69 Å². The average molecular weight is 323 g/mol. The third-order valence-electron chi connectivity index (χ3n) is 4.08. The monoisotopic (exact) mass is 323 g/mol. The average Bonchev–Trinajstić information content (AvgIpc) is 3.23. The number of hydrogen-bond donors (Lipinski definition) is 1. The molecule has 0 atom stereocenters. The van der Waals surface area contributed by atoms with E-state index in [9.17, 15) is 4.79 Å². The Hall–Kier alpha value is -3.00. The Labute approximate surface area is 138 Å². The summed E-state index contributed by atoms with van der Waals surface area (Å²) >= 11 is 0. The molecule has 122 valence electrons. The molecule has 0 spiro atoms. The lowest BCUT2D eigenvalue weighted by molar-refractivity contribution is 0.102. The predicted molar refractivity (Wildman–Crippen MR) is 87.9 cm³/mol. The number of carbonyl (C=O) groups excluding carboxylic acids is 1. The first kappa shape index (κ1) is 14.6. The Kier molecular flexibility index (Phi) is 3.58. The van der Waals surface area contributed by atoms with Crippen molar-refractivity contribution in [1.29, 1.82) is 0 Å². The predicted octanol–water partition coefficient (Wildman–Crippen LogP) is 1.16. The van der Waals surface area contributed by atoms with Gasteiger partial charge in [0.1, 0.15) is 12.7 Å². The van der Waals surface area contributed by atoms with Crippen LogP contribution in [0.2, 0.25) is 0 Å². The van der Waals surface area contributed by atoms with Crippen LogP contribution in [0.4, 0.5) is 5.82 Å². The summed E-state index contributed by atoms with van der Waals surface area (Å²) in [6.45, 7) is 2.65. The molecule has 3 aromatic rings. The zero-order chi connectivity index (χ0) is 16.5. The van der Waals surface area contributed by atoms with Crippen molar-refractivity contribution >= 4 is 11.7 Å². The smallest absolute Gasteiger partial charge is 0.256 e. The van der Waals surface area contributed by atoms with Crippen molar-refractivity contribution in [3.05, 3.63) is 54.2 Å². The van der Waals surface area contributed by atoms with Gasteiger partial charge in [0.2, 0.25) is 0 Å². The van der Waals surface area contributed by atoms with E-state index in [0.717, 1.165) is 31.0 Å². The number of hydrogen-bond acceptors (Lipinski definition) is 5. The van der Waals surface area contributed by atoms with Gasteiger partial charge in [0.15, 0.2) is 5.82 Å². The number of nitrogens with zero attached hydrogens (tertiary/aromatic N) is 6. The Morgan fingerprint density at radius 2 is 1.88 bits per heavy atom. The van der Waals surface area contributed by atoms with E-state index >= 15 is 0 Å². The molecule has 1 aliphatic heterocycles. The Morgan fingerprint density at radius 3 is 2.62 bits per heavy atom. The van der Waals surface area contributed by atoms with Crippen molar-refractivity contribution in [2.45, 2.75) is 13.1 Å². The maximum Gasteiger partial charge on any atom is 0.256 e. The number of fused-ring (bicyclic) bond motifs is 1. The molecule has 1 N–H and O–H groups in total. The van der Waals surface area contributed by atoms with Crippen LogP contribution < -0.4 is 5.32 Å². The van der Waals surface area contributed by atoms with E-state index in [1.165, 1.54) is 0 Å². The summed E-state index contributed by atoms with van der Waals surface area (Å²) in [4.78, 5) is 14.6. The number of nitrogens with one attached hydrogen (secondary N) is 1. The zero-order valence-corrected chi connectivity index (χ0v) is 13.3. The second-order valence-electron chi connectivity index (χ2n) is 5.85. The van der Waals surface area contributed by atoms with Gasteiger partial charge in [0.25, 0.3) is 5.91 Å². The highest BCUT2D eigenvalue weighted by Crippen LogP contribution is 2.16. The standard InChI is InChI=1S/C16H17N7O/c1-21-6-7-23-14(9-21)8-15(20-23)19-16(24)12-2-4-13(5-3-12)22-10-17-18-11-22/h2-5,8,10-11H,6-7,9H2,1H3,(H,19,20,24). The lowest BCUT2D eigenvalue weighted by Gasteiger charge is -2.22. The van der Waals surface area contributed by atoms with E-state index in [1.807, 2.05) is 22.9 Å². The van der Waals surface area contributed by atoms with Crippen LogP contribution in [-0.4, -0.2) is 48.9 Å². The van der Waals surface area contributed by atoms with E-state index in [0.29, 0.717) is 11.4 Å². The van der Waals surface area contributed by atoms with E-state index in [-0.39, 0.29) is 5.91 Å². The number of carbonyl (C=O) groups is 1. The first-order valence-corrected chi connectivity index (χ1v) is 7.71. The van der Waals surface area contributed by atoms with Crippen LogP contribution in [-0.2, 0) is 13.1 Å². The lowest BCUT2D eigenvalue weighted by Crippen LogP contribution is -2.30. The van der Waals surface area contributed by atoms with Crippen LogP contribution >= 0.6 is 0 Å². The van der Waals surface area contributed by atoms with Crippen molar-refractivity contribution in [2.75, 3.05) is 18.9 Å². The Bertz CT molecular complexity index is 851. The molecule has 4 rings (SSSR count). The highest BCUT2D eigenvalue weighted by atomic mass is 16.1. The number of rotatable bonds is 3. The van der Waals surface area contributed by atoms with Gasteiger partial charge < -0.3 is 5.32 Å². The number of benzene rings is 1. The first-order valence-electron chi connectivity index (χ1n) is 7.71. The molecule has 8 nitrogen and oxygen atoms in total. The second kappa shape index (κ2) is 5.89. The SMILES string of the molecule is CN1CCn2nc(NC(=O)c3ccc(-n4cnnc4)cc3)cc2C1. The summed E-state index contributed by atoms with van der Waals surface area (Å²) in [5.74, 6) is 0.419. The van der Waals surface area contributed by atoms with Gasteiger partial charge in [-0.15, -0.1) is 10.2 Å². The summed E-state index contributed by atoms with van der Waals surface area (Å²) in [6, 6.07) is 9.18. The fourth-order valence-corrected chi connectivity index (χ4v) is 2.77. The molecular formula is C16H17N7O. The normalized spacial score (nSPS) is 14.4. The maximum atomic E-state index is 12.4. The largest absolute Gasteiger partial charge is 0.305 e. The number of anilines is 1. The molecule has 1 aliphatic rings. The minimum absolute atomic E-state index is 0.172. The molecule has 0 saturated carbocycles. The van der Waals surface area contributed by atoms with Crippen molar-refractivity contribution < 1.29 is 4.79 Å². The summed E-state index contributed by atoms with van der Waals surface area (Å²) in [5, 5.41) is 14.8. The summed E-state index contributed by atoms with van der Waals surface area (Å²) in [5.41, 5.74) is 2.59. The molecular weight excluding hydrogens is 306 g/mol. The van der Waals surface area contributed by atoms with Crippen LogP contribution in [0.25, 0.3) is 5.69 Å². The van der Waals surface area contributed by atoms with Gasteiger partial charge >= 0.3 is 0 Å². The fourth-order valence-electron chi connectivity index (χ4n) is 2.77. The molecule has 3 heterocycles. The van der Waals surface area contributed by atoms with Gasteiger partial charge in [-0.1, -0.05) is 0 Å². The summed E-state index contributed by atoms with van der Waals surface area (Å²) in [6.07, 6.45) is 3.23. The molecule has 24 heavy (non-hydrogen) atoms. The van der Waals surface area contributed by atoms with Gasteiger partial charge in [-0.25, -0.2) is 0 Å². The van der Waals surface area contributed by atoms with Crippen molar-refractivity contribution in [1.82, 2.24) is 29.4 Å². The topological polar surface area (TPSA) is 80.9 Å². The van der Waals surface area contributed by atoms with Gasteiger partial charge in [-0.05, 0) is 31.3 Å².